The second-order valence-corrected chi connectivity index (χ2v) is 6.63. The number of nitrogens with zero attached hydrogens (tertiary/aromatic N) is 2. The molecule has 0 bridgehead atoms. The van der Waals surface area contributed by atoms with Crippen molar-refractivity contribution in [1.82, 2.24) is 10.3 Å². The maximum Gasteiger partial charge on any atom is 0.0445 e. The summed E-state index contributed by atoms with van der Waals surface area (Å²) in [4.78, 5) is 7.06. The summed E-state index contributed by atoms with van der Waals surface area (Å²) in [6.45, 7) is 5.48. The van der Waals surface area contributed by atoms with Gasteiger partial charge in [-0.25, -0.2) is 0 Å². The van der Waals surface area contributed by atoms with E-state index in [0.717, 1.165) is 25.0 Å². The van der Waals surface area contributed by atoms with Crippen LogP contribution in [0, 0.1) is 5.92 Å². The van der Waals surface area contributed by atoms with Crippen molar-refractivity contribution in [2.75, 3.05) is 18.0 Å². The van der Waals surface area contributed by atoms with Gasteiger partial charge in [0, 0.05) is 42.8 Å². The lowest BCUT2D eigenvalue weighted by molar-refractivity contribution is 0.243. The molecule has 1 aliphatic heterocycles. The molecule has 1 aromatic rings. The lowest BCUT2D eigenvalue weighted by atomic mass is 9.78. The van der Waals surface area contributed by atoms with Gasteiger partial charge in [-0.05, 0) is 50.6 Å². The van der Waals surface area contributed by atoms with Gasteiger partial charge in [0.15, 0.2) is 0 Å². The molecule has 2 fully saturated rings. The average Bonchev–Trinajstić information content (AvgIpc) is 2.55. The van der Waals surface area contributed by atoms with Crippen LogP contribution in [0.25, 0.3) is 0 Å². The Kier molecular flexibility index (Phi) is 5.13. The highest BCUT2D eigenvalue weighted by Crippen LogP contribution is 2.38. The minimum absolute atomic E-state index is 0.778. The summed E-state index contributed by atoms with van der Waals surface area (Å²) in [6, 6.07) is 3.01. The molecule has 1 saturated carbocycles. The molecular formula is C18H29N3. The van der Waals surface area contributed by atoms with Gasteiger partial charge < -0.3 is 10.2 Å². The number of anilines is 1. The van der Waals surface area contributed by atoms with Crippen molar-refractivity contribution in [2.24, 2.45) is 5.92 Å². The maximum absolute atomic E-state index is 4.36. The molecule has 3 rings (SSSR count). The van der Waals surface area contributed by atoms with Crippen LogP contribution >= 0.6 is 0 Å². The van der Waals surface area contributed by atoms with E-state index in [9.17, 15) is 0 Å². The first-order valence-electron chi connectivity index (χ1n) is 8.80. The Hall–Kier alpha value is -1.09. The first kappa shape index (κ1) is 14.8. The summed E-state index contributed by atoms with van der Waals surface area (Å²) in [5.74, 6) is 0.928. The monoisotopic (exact) mass is 287 g/mol. The predicted molar refractivity (Wildman–Crippen MR) is 88.6 cm³/mol. The summed E-state index contributed by atoms with van der Waals surface area (Å²) >= 11 is 0. The van der Waals surface area contributed by atoms with Gasteiger partial charge in [-0.1, -0.05) is 19.8 Å². The zero-order chi connectivity index (χ0) is 14.5. The molecule has 0 amide bonds. The maximum atomic E-state index is 4.36. The molecule has 1 N–H and O–H groups in total. The standard InChI is InChI=1S/C18H29N3/c1-2-10-19-13-16-14-20-11-9-18(16)21-12-5-7-15-6-3-4-8-17(15)21/h9,11,14-15,17,19H,2-8,10,12-13H2,1H3. The number of aromatic nitrogens is 1. The van der Waals surface area contributed by atoms with Crippen LogP contribution in [0.15, 0.2) is 18.5 Å². The third-order valence-corrected chi connectivity index (χ3v) is 5.17. The van der Waals surface area contributed by atoms with E-state index in [-0.39, 0.29) is 0 Å². The van der Waals surface area contributed by atoms with Crippen LogP contribution in [0.5, 0.6) is 0 Å². The fraction of sp³-hybridized carbons (Fsp3) is 0.722. The Bertz CT molecular complexity index is 444. The van der Waals surface area contributed by atoms with Gasteiger partial charge in [0.2, 0.25) is 0 Å². The largest absolute Gasteiger partial charge is 0.368 e. The summed E-state index contributed by atoms with van der Waals surface area (Å²) in [5.41, 5.74) is 2.81. The Morgan fingerprint density at radius 3 is 3.00 bits per heavy atom. The molecule has 1 aliphatic carbocycles. The Balaban J connectivity index is 1.78. The quantitative estimate of drug-likeness (QED) is 0.836. The highest BCUT2D eigenvalue weighted by atomic mass is 15.2. The highest BCUT2D eigenvalue weighted by molar-refractivity contribution is 5.53. The van der Waals surface area contributed by atoms with E-state index in [1.54, 1.807) is 0 Å². The van der Waals surface area contributed by atoms with Gasteiger partial charge in [-0.2, -0.15) is 0 Å². The zero-order valence-corrected chi connectivity index (χ0v) is 13.4. The molecule has 21 heavy (non-hydrogen) atoms. The van der Waals surface area contributed by atoms with Crippen molar-refractivity contribution in [3.8, 4) is 0 Å². The molecule has 1 saturated heterocycles. The van der Waals surface area contributed by atoms with Crippen LogP contribution < -0.4 is 10.2 Å². The van der Waals surface area contributed by atoms with Gasteiger partial charge in [-0.3, -0.25) is 4.98 Å². The van der Waals surface area contributed by atoms with E-state index in [1.165, 1.54) is 62.7 Å². The van der Waals surface area contributed by atoms with Gasteiger partial charge in [0.1, 0.15) is 0 Å². The SMILES string of the molecule is CCCNCc1cnccc1N1CCCC2CCCCC21. The van der Waals surface area contributed by atoms with Crippen molar-refractivity contribution in [1.29, 1.82) is 0 Å². The molecule has 2 aliphatic rings. The number of fused-ring (bicyclic) bond motifs is 1. The van der Waals surface area contributed by atoms with Crippen molar-refractivity contribution in [2.45, 2.75) is 64.5 Å². The first-order chi connectivity index (χ1) is 10.4. The molecule has 0 aromatic carbocycles. The molecular weight excluding hydrogens is 258 g/mol. The number of piperidine rings is 1. The van der Waals surface area contributed by atoms with E-state index in [1.807, 2.05) is 6.20 Å². The first-order valence-corrected chi connectivity index (χ1v) is 8.80. The van der Waals surface area contributed by atoms with Crippen LogP contribution in [0.4, 0.5) is 5.69 Å². The molecule has 3 nitrogen and oxygen atoms in total. The topological polar surface area (TPSA) is 28.2 Å². The molecule has 2 unspecified atom stereocenters. The van der Waals surface area contributed by atoms with Crippen molar-refractivity contribution in [3.05, 3.63) is 24.0 Å². The number of hydrogen-bond acceptors (Lipinski definition) is 3. The molecule has 2 heterocycles. The normalized spacial score (nSPS) is 25.7. The van der Waals surface area contributed by atoms with Crippen LogP contribution in [0.3, 0.4) is 0 Å². The number of pyridine rings is 1. The van der Waals surface area contributed by atoms with Gasteiger partial charge in [0.05, 0.1) is 0 Å². The predicted octanol–water partition coefficient (Wildman–Crippen LogP) is 3.74. The van der Waals surface area contributed by atoms with Crippen LogP contribution in [-0.4, -0.2) is 24.1 Å². The molecule has 116 valence electrons. The highest BCUT2D eigenvalue weighted by Gasteiger charge is 2.33. The Morgan fingerprint density at radius 1 is 1.24 bits per heavy atom. The van der Waals surface area contributed by atoms with E-state index in [4.69, 9.17) is 0 Å². The minimum atomic E-state index is 0.778. The molecule has 1 aromatic heterocycles. The summed E-state index contributed by atoms with van der Waals surface area (Å²) in [7, 11) is 0. The fourth-order valence-corrected chi connectivity index (χ4v) is 4.16. The van der Waals surface area contributed by atoms with E-state index in [0.29, 0.717) is 0 Å². The van der Waals surface area contributed by atoms with E-state index >= 15 is 0 Å². The summed E-state index contributed by atoms with van der Waals surface area (Å²) in [6.07, 6.45) is 13.7. The van der Waals surface area contributed by atoms with Crippen LogP contribution in [-0.2, 0) is 6.54 Å². The second-order valence-electron chi connectivity index (χ2n) is 6.63. The van der Waals surface area contributed by atoms with Gasteiger partial charge in [-0.15, -0.1) is 0 Å². The molecule has 2 atom stereocenters. The summed E-state index contributed by atoms with van der Waals surface area (Å²) < 4.78 is 0. The number of nitrogens with one attached hydrogen (secondary N) is 1. The molecule has 3 heteroatoms. The smallest absolute Gasteiger partial charge is 0.0445 e. The van der Waals surface area contributed by atoms with Crippen molar-refractivity contribution < 1.29 is 0 Å². The molecule has 0 radical (unpaired) electrons. The Morgan fingerprint density at radius 2 is 2.10 bits per heavy atom. The lowest BCUT2D eigenvalue weighted by Gasteiger charge is -2.46. The third-order valence-electron chi connectivity index (χ3n) is 5.17. The fourth-order valence-electron chi connectivity index (χ4n) is 4.16. The minimum Gasteiger partial charge on any atom is -0.368 e. The van der Waals surface area contributed by atoms with E-state index in [2.05, 4.69) is 34.4 Å². The van der Waals surface area contributed by atoms with Crippen molar-refractivity contribution in [3.63, 3.8) is 0 Å². The second kappa shape index (κ2) is 7.26. The summed E-state index contributed by atoms with van der Waals surface area (Å²) in [5, 5.41) is 3.54. The van der Waals surface area contributed by atoms with Crippen LogP contribution in [0.1, 0.15) is 57.4 Å². The average molecular weight is 287 g/mol. The third kappa shape index (κ3) is 3.39. The van der Waals surface area contributed by atoms with Crippen LogP contribution in [0.2, 0.25) is 0 Å². The molecule has 0 spiro atoms. The zero-order valence-electron chi connectivity index (χ0n) is 13.4. The van der Waals surface area contributed by atoms with Gasteiger partial charge >= 0.3 is 0 Å². The number of rotatable bonds is 5. The lowest BCUT2D eigenvalue weighted by Crippen LogP contribution is -2.47. The van der Waals surface area contributed by atoms with Gasteiger partial charge in [0.25, 0.3) is 0 Å². The van der Waals surface area contributed by atoms with Crippen molar-refractivity contribution >= 4 is 5.69 Å². The Labute approximate surface area is 129 Å². The number of hydrogen-bond donors (Lipinski definition) is 1. The van der Waals surface area contributed by atoms with E-state index < -0.39 is 0 Å².